The molecule has 1 aromatic carbocycles. The Balaban J connectivity index is 2.09. The van der Waals surface area contributed by atoms with Gasteiger partial charge in [0.1, 0.15) is 11.8 Å². The first kappa shape index (κ1) is 11.9. The van der Waals surface area contributed by atoms with Crippen molar-refractivity contribution in [3.05, 3.63) is 53.9 Å². The Labute approximate surface area is 106 Å². The summed E-state index contributed by atoms with van der Waals surface area (Å²) in [6, 6.07) is 13.5. The van der Waals surface area contributed by atoms with Crippen LogP contribution in [0.4, 0.5) is 5.69 Å². The topological polar surface area (TPSA) is 57.9 Å². The maximum Gasteiger partial charge on any atom is 0.163 e. The highest BCUT2D eigenvalue weighted by Crippen LogP contribution is 2.16. The number of rotatable bonds is 4. The maximum absolute atomic E-state index is 8.93. The zero-order chi connectivity index (χ0) is 12.8. The fraction of sp³-hybridized carbons (Fsp3) is 0.143. The first-order valence-electron chi connectivity index (χ1n) is 5.55. The van der Waals surface area contributed by atoms with E-state index >= 15 is 0 Å². The van der Waals surface area contributed by atoms with Gasteiger partial charge < -0.3 is 10.1 Å². The van der Waals surface area contributed by atoms with E-state index in [0.717, 1.165) is 17.0 Å². The molecular formula is C14H13N3O. The minimum Gasteiger partial charge on any atom is -0.497 e. The quantitative estimate of drug-likeness (QED) is 0.890. The second kappa shape index (κ2) is 5.69. The van der Waals surface area contributed by atoms with Crippen molar-refractivity contribution >= 4 is 5.69 Å². The average molecular weight is 239 g/mol. The Kier molecular flexibility index (Phi) is 3.77. The van der Waals surface area contributed by atoms with Crippen LogP contribution in [0.2, 0.25) is 0 Å². The molecule has 0 aliphatic heterocycles. The lowest BCUT2D eigenvalue weighted by Crippen LogP contribution is -2.02. The summed E-state index contributed by atoms with van der Waals surface area (Å²) in [6.45, 7) is 0.623. The molecule has 90 valence electrons. The number of pyridine rings is 1. The molecule has 0 saturated heterocycles. The third-order valence-corrected chi connectivity index (χ3v) is 2.53. The normalized spacial score (nSPS) is 9.56. The van der Waals surface area contributed by atoms with E-state index in [2.05, 4.69) is 16.4 Å². The van der Waals surface area contributed by atoms with E-state index in [1.54, 1.807) is 19.4 Å². The van der Waals surface area contributed by atoms with Gasteiger partial charge in [0.05, 0.1) is 12.8 Å². The Morgan fingerprint density at radius 2 is 2.22 bits per heavy atom. The number of nitrogens with one attached hydrogen (secondary N) is 1. The Morgan fingerprint density at radius 3 is 3.00 bits per heavy atom. The molecule has 4 heteroatoms. The van der Waals surface area contributed by atoms with Crippen LogP contribution in [0.3, 0.4) is 0 Å². The van der Waals surface area contributed by atoms with Crippen LogP contribution < -0.4 is 10.1 Å². The van der Waals surface area contributed by atoms with Crippen LogP contribution in [0.25, 0.3) is 0 Å². The average Bonchev–Trinajstić information content (AvgIpc) is 2.45. The monoisotopic (exact) mass is 239 g/mol. The van der Waals surface area contributed by atoms with Gasteiger partial charge in [-0.3, -0.25) is 0 Å². The molecule has 0 atom stereocenters. The van der Waals surface area contributed by atoms with Gasteiger partial charge >= 0.3 is 0 Å². The van der Waals surface area contributed by atoms with Gasteiger partial charge in [0, 0.05) is 12.7 Å². The minimum atomic E-state index is 0.403. The Bertz CT molecular complexity index is 575. The molecule has 0 radical (unpaired) electrons. The first-order chi connectivity index (χ1) is 8.83. The van der Waals surface area contributed by atoms with Crippen molar-refractivity contribution < 1.29 is 4.74 Å². The summed E-state index contributed by atoms with van der Waals surface area (Å²) in [7, 11) is 1.64. The van der Waals surface area contributed by atoms with E-state index in [0.29, 0.717) is 12.2 Å². The molecule has 2 rings (SSSR count). The van der Waals surface area contributed by atoms with Gasteiger partial charge in [-0.1, -0.05) is 12.1 Å². The van der Waals surface area contributed by atoms with Crippen molar-refractivity contribution in [1.29, 1.82) is 5.26 Å². The largest absolute Gasteiger partial charge is 0.497 e. The number of anilines is 1. The van der Waals surface area contributed by atoms with Crippen LogP contribution in [0.5, 0.6) is 5.75 Å². The Hall–Kier alpha value is -2.54. The third-order valence-electron chi connectivity index (χ3n) is 2.53. The second-order valence-corrected chi connectivity index (χ2v) is 3.72. The zero-order valence-electron chi connectivity index (χ0n) is 10.1. The van der Waals surface area contributed by atoms with Crippen molar-refractivity contribution in [2.45, 2.75) is 6.54 Å². The van der Waals surface area contributed by atoms with Crippen molar-refractivity contribution in [2.24, 2.45) is 0 Å². The van der Waals surface area contributed by atoms with Gasteiger partial charge in [-0.2, -0.15) is 5.26 Å². The number of hydrogen-bond donors (Lipinski definition) is 1. The maximum atomic E-state index is 8.93. The molecule has 0 aliphatic carbocycles. The zero-order valence-corrected chi connectivity index (χ0v) is 10.1. The second-order valence-electron chi connectivity index (χ2n) is 3.72. The van der Waals surface area contributed by atoms with Gasteiger partial charge in [0.25, 0.3) is 0 Å². The van der Waals surface area contributed by atoms with Gasteiger partial charge in [-0.15, -0.1) is 0 Å². The molecule has 0 fully saturated rings. The van der Waals surface area contributed by atoms with Crippen molar-refractivity contribution in [1.82, 2.24) is 4.98 Å². The predicted octanol–water partition coefficient (Wildman–Crippen LogP) is 2.57. The summed E-state index contributed by atoms with van der Waals surface area (Å²) >= 11 is 0. The van der Waals surface area contributed by atoms with E-state index in [1.165, 1.54) is 0 Å². The molecule has 0 unspecified atom stereocenters. The molecule has 1 aromatic heterocycles. The lowest BCUT2D eigenvalue weighted by atomic mass is 10.2. The lowest BCUT2D eigenvalue weighted by molar-refractivity contribution is 0.414. The van der Waals surface area contributed by atoms with Crippen molar-refractivity contribution in [3.63, 3.8) is 0 Å². The van der Waals surface area contributed by atoms with E-state index in [9.17, 15) is 0 Å². The van der Waals surface area contributed by atoms with Crippen LogP contribution >= 0.6 is 0 Å². The highest BCUT2D eigenvalue weighted by molar-refractivity contribution is 5.53. The third kappa shape index (κ3) is 2.77. The summed E-state index contributed by atoms with van der Waals surface area (Å²) in [5, 5.41) is 12.1. The minimum absolute atomic E-state index is 0.403. The van der Waals surface area contributed by atoms with E-state index in [1.807, 2.05) is 30.3 Å². The number of nitrogens with zero attached hydrogens (tertiary/aromatic N) is 2. The van der Waals surface area contributed by atoms with Gasteiger partial charge in [-0.05, 0) is 29.8 Å². The summed E-state index contributed by atoms with van der Waals surface area (Å²) in [5.41, 5.74) is 2.23. The summed E-state index contributed by atoms with van der Waals surface area (Å²) in [4.78, 5) is 3.99. The SMILES string of the molecule is COc1cccc(CNc2cccnc2C#N)c1. The fourth-order valence-corrected chi connectivity index (χ4v) is 1.62. The molecule has 2 aromatic rings. The molecule has 0 amide bonds. The molecule has 0 saturated carbocycles. The number of aromatic nitrogens is 1. The number of benzene rings is 1. The van der Waals surface area contributed by atoms with Crippen LogP contribution in [-0.2, 0) is 6.54 Å². The van der Waals surface area contributed by atoms with E-state index in [-0.39, 0.29) is 0 Å². The molecule has 18 heavy (non-hydrogen) atoms. The smallest absolute Gasteiger partial charge is 0.163 e. The first-order valence-corrected chi connectivity index (χ1v) is 5.55. The number of nitriles is 1. The standard InChI is InChI=1S/C14H13N3O/c1-18-12-5-2-4-11(8-12)10-17-13-6-3-7-16-14(13)9-15/h2-8,17H,10H2,1H3. The molecule has 1 N–H and O–H groups in total. The summed E-state index contributed by atoms with van der Waals surface area (Å²) in [5.74, 6) is 0.820. The van der Waals surface area contributed by atoms with Crippen molar-refractivity contribution in [2.75, 3.05) is 12.4 Å². The lowest BCUT2D eigenvalue weighted by Gasteiger charge is -2.08. The van der Waals surface area contributed by atoms with Gasteiger partial charge in [0.2, 0.25) is 0 Å². The summed E-state index contributed by atoms with van der Waals surface area (Å²) in [6.07, 6.45) is 1.61. The van der Waals surface area contributed by atoms with Crippen LogP contribution in [0, 0.1) is 11.3 Å². The number of ether oxygens (including phenoxy) is 1. The van der Waals surface area contributed by atoms with Crippen LogP contribution in [0.1, 0.15) is 11.3 Å². The van der Waals surface area contributed by atoms with Crippen LogP contribution in [0.15, 0.2) is 42.6 Å². The molecule has 0 bridgehead atoms. The number of methoxy groups -OCH3 is 1. The molecule has 0 aliphatic rings. The van der Waals surface area contributed by atoms with Crippen LogP contribution in [-0.4, -0.2) is 12.1 Å². The molecule has 0 spiro atoms. The fourth-order valence-electron chi connectivity index (χ4n) is 1.62. The van der Waals surface area contributed by atoms with Gasteiger partial charge in [-0.25, -0.2) is 4.98 Å². The Morgan fingerprint density at radius 1 is 1.33 bits per heavy atom. The molecular weight excluding hydrogens is 226 g/mol. The molecule has 4 nitrogen and oxygen atoms in total. The molecule has 1 heterocycles. The van der Waals surface area contributed by atoms with E-state index < -0.39 is 0 Å². The number of hydrogen-bond acceptors (Lipinski definition) is 4. The summed E-state index contributed by atoms with van der Waals surface area (Å²) < 4.78 is 5.16. The predicted molar refractivity (Wildman–Crippen MR) is 69.3 cm³/mol. The van der Waals surface area contributed by atoms with E-state index in [4.69, 9.17) is 10.00 Å². The highest BCUT2D eigenvalue weighted by atomic mass is 16.5. The highest BCUT2D eigenvalue weighted by Gasteiger charge is 2.02. The van der Waals surface area contributed by atoms with Gasteiger partial charge in [0.15, 0.2) is 5.69 Å². The van der Waals surface area contributed by atoms with Crippen molar-refractivity contribution in [3.8, 4) is 11.8 Å².